The van der Waals surface area contributed by atoms with Crippen molar-refractivity contribution in [3.8, 4) is 0 Å². The molecule has 0 bridgehead atoms. The molecule has 1 fully saturated rings. The monoisotopic (exact) mass is 237 g/mol. The standard InChI is InChI=1S/C8H15NOS3/c10-6-3-7-1-4-9(5-2-7)8(11)13-12/h7,10,12H,1-6H2. The topological polar surface area (TPSA) is 23.5 Å². The first-order valence-electron chi connectivity index (χ1n) is 4.49. The third-order valence-electron chi connectivity index (χ3n) is 2.49. The second kappa shape index (κ2) is 6.11. The van der Waals surface area contributed by atoms with Gasteiger partial charge in [-0.2, -0.15) is 0 Å². The van der Waals surface area contributed by atoms with Crippen LogP contribution in [-0.4, -0.2) is 34.0 Å². The van der Waals surface area contributed by atoms with E-state index in [4.69, 9.17) is 17.3 Å². The SMILES string of the molecule is OCCC1CCN(C(=S)SS)CC1. The van der Waals surface area contributed by atoms with Crippen molar-refractivity contribution in [2.75, 3.05) is 19.7 Å². The number of aliphatic hydroxyl groups is 1. The molecular formula is C8H15NOS3. The van der Waals surface area contributed by atoms with Crippen molar-refractivity contribution in [2.45, 2.75) is 19.3 Å². The van der Waals surface area contributed by atoms with Gasteiger partial charge in [0.1, 0.15) is 4.32 Å². The van der Waals surface area contributed by atoms with Gasteiger partial charge in [0, 0.05) is 19.7 Å². The normalized spacial score (nSPS) is 19.1. The first kappa shape index (κ1) is 11.6. The molecule has 0 unspecified atom stereocenters. The Labute approximate surface area is 93.9 Å². The zero-order valence-corrected chi connectivity index (χ0v) is 10.0. The van der Waals surface area contributed by atoms with Crippen molar-refractivity contribution in [1.29, 1.82) is 0 Å². The second-order valence-electron chi connectivity index (χ2n) is 3.30. The Morgan fingerprint density at radius 2 is 2.15 bits per heavy atom. The predicted molar refractivity (Wildman–Crippen MR) is 65.2 cm³/mol. The van der Waals surface area contributed by atoms with Crippen molar-refractivity contribution in [3.05, 3.63) is 0 Å². The van der Waals surface area contributed by atoms with Crippen molar-refractivity contribution < 1.29 is 5.11 Å². The van der Waals surface area contributed by atoms with Crippen LogP contribution in [0.3, 0.4) is 0 Å². The first-order chi connectivity index (χ1) is 6.27. The van der Waals surface area contributed by atoms with Gasteiger partial charge in [-0.3, -0.25) is 0 Å². The maximum Gasteiger partial charge on any atom is 0.146 e. The molecule has 0 aromatic rings. The minimum atomic E-state index is 0.316. The number of aliphatic hydroxyl groups excluding tert-OH is 1. The van der Waals surface area contributed by atoms with E-state index >= 15 is 0 Å². The molecule has 2 nitrogen and oxygen atoms in total. The molecule has 1 aliphatic heterocycles. The van der Waals surface area contributed by atoms with Crippen LogP contribution in [0, 0.1) is 5.92 Å². The lowest BCUT2D eigenvalue weighted by Crippen LogP contribution is -2.35. The lowest BCUT2D eigenvalue weighted by molar-refractivity contribution is 0.206. The number of hydrogen-bond donors (Lipinski definition) is 2. The summed E-state index contributed by atoms with van der Waals surface area (Å²) in [7, 11) is 1.35. The van der Waals surface area contributed by atoms with Crippen LogP contribution in [0.25, 0.3) is 0 Å². The number of thiocarbonyl (C=S) groups is 1. The van der Waals surface area contributed by atoms with Crippen LogP contribution in [0.1, 0.15) is 19.3 Å². The summed E-state index contributed by atoms with van der Waals surface area (Å²) in [6, 6.07) is 0. The summed E-state index contributed by atoms with van der Waals surface area (Å²) >= 11 is 9.22. The summed E-state index contributed by atoms with van der Waals surface area (Å²) in [6.45, 7) is 2.37. The zero-order chi connectivity index (χ0) is 9.68. The highest BCUT2D eigenvalue weighted by Gasteiger charge is 2.19. The first-order valence-corrected chi connectivity index (χ1v) is 6.76. The van der Waals surface area contributed by atoms with E-state index in [1.807, 2.05) is 0 Å². The highest BCUT2D eigenvalue weighted by molar-refractivity contribution is 8.76. The second-order valence-corrected chi connectivity index (χ2v) is 5.06. The number of piperidine rings is 1. The fraction of sp³-hybridized carbons (Fsp3) is 0.875. The lowest BCUT2D eigenvalue weighted by Gasteiger charge is -2.32. The molecule has 0 spiro atoms. The fourth-order valence-electron chi connectivity index (χ4n) is 1.64. The van der Waals surface area contributed by atoms with Gasteiger partial charge in [0.2, 0.25) is 0 Å². The Balaban J connectivity index is 2.26. The van der Waals surface area contributed by atoms with Crippen LogP contribution in [0.15, 0.2) is 0 Å². The summed E-state index contributed by atoms with van der Waals surface area (Å²) < 4.78 is 0.880. The quantitative estimate of drug-likeness (QED) is 0.435. The van der Waals surface area contributed by atoms with E-state index in [2.05, 4.69) is 16.6 Å². The molecule has 0 radical (unpaired) electrons. The van der Waals surface area contributed by atoms with E-state index in [-0.39, 0.29) is 0 Å². The Morgan fingerprint density at radius 1 is 1.54 bits per heavy atom. The van der Waals surface area contributed by atoms with Gasteiger partial charge in [-0.05, 0) is 36.0 Å². The minimum Gasteiger partial charge on any atom is -0.396 e. The summed E-state index contributed by atoms with van der Waals surface area (Å²) in [5.74, 6) is 0.689. The molecule has 0 saturated carbocycles. The van der Waals surface area contributed by atoms with Crippen LogP contribution in [0.2, 0.25) is 0 Å². The Bertz CT molecular complexity index is 169. The Morgan fingerprint density at radius 3 is 2.62 bits per heavy atom. The largest absolute Gasteiger partial charge is 0.396 e. The molecule has 0 aromatic carbocycles. The number of nitrogens with zero attached hydrogens (tertiary/aromatic N) is 1. The summed E-state index contributed by atoms with van der Waals surface area (Å²) in [6.07, 6.45) is 3.23. The van der Waals surface area contributed by atoms with E-state index in [1.165, 1.54) is 10.8 Å². The fourth-order valence-corrected chi connectivity index (χ4v) is 2.47. The van der Waals surface area contributed by atoms with Crippen LogP contribution in [0.5, 0.6) is 0 Å². The van der Waals surface area contributed by atoms with Gasteiger partial charge < -0.3 is 10.0 Å². The van der Waals surface area contributed by atoms with Gasteiger partial charge in [0.15, 0.2) is 0 Å². The smallest absolute Gasteiger partial charge is 0.146 e. The maximum atomic E-state index is 8.78. The molecule has 0 aromatic heterocycles. The van der Waals surface area contributed by atoms with E-state index in [1.54, 1.807) is 0 Å². The molecule has 1 N–H and O–H groups in total. The molecule has 0 aliphatic carbocycles. The average Bonchev–Trinajstić information content (AvgIpc) is 2.18. The van der Waals surface area contributed by atoms with Gasteiger partial charge in [0.05, 0.1) is 0 Å². The third kappa shape index (κ3) is 3.65. The number of likely N-dealkylation sites (tertiary alicyclic amines) is 1. The number of thiol groups is 1. The minimum absolute atomic E-state index is 0.316. The zero-order valence-electron chi connectivity index (χ0n) is 7.48. The molecule has 76 valence electrons. The third-order valence-corrected chi connectivity index (χ3v) is 4.30. The lowest BCUT2D eigenvalue weighted by atomic mass is 9.94. The highest BCUT2D eigenvalue weighted by atomic mass is 33.1. The van der Waals surface area contributed by atoms with Crippen molar-refractivity contribution in [1.82, 2.24) is 4.90 Å². The van der Waals surface area contributed by atoms with Gasteiger partial charge in [-0.1, -0.05) is 12.2 Å². The summed E-state index contributed by atoms with van der Waals surface area (Å²) in [5.41, 5.74) is 0. The molecule has 13 heavy (non-hydrogen) atoms. The van der Waals surface area contributed by atoms with Crippen molar-refractivity contribution >= 4 is 39.0 Å². The molecule has 1 heterocycles. The summed E-state index contributed by atoms with van der Waals surface area (Å²) in [4.78, 5) is 2.20. The average molecular weight is 237 g/mol. The Hall–Kier alpha value is 0.550. The van der Waals surface area contributed by atoms with E-state index in [9.17, 15) is 0 Å². The van der Waals surface area contributed by atoms with Gasteiger partial charge in [-0.15, -0.1) is 11.7 Å². The molecule has 0 amide bonds. The molecule has 1 rings (SSSR count). The number of hydrogen-bond acceptors (Lipinski definition) is 4. The van der Waals surface area contributed by atoms with E-state index in [0.29, 0.717) is 12.5 Å². The van der Waals surface area contributed by atoms with Crippen LogP contribution in [0.4, 0.5) is 0 Å². The van der Waals surface area contributed by atoms with Crippen LogP contribution >= 0.6 is 34.7 Å². The van der Waals surface area contributed by atoms with Gasteiger partial charge in [0.25, 0.3) is 0 Å². The van der Waals surface area contributed by atoms with Crippen LogP contribution in [-0.2, 0) is 0 Å². The predicted octanol–water partition coefficient (Wildman–Crippen LogP) is 1.94. The van der Waals surface area contributed by atoms with Crippen molar-refractivity contribution in [3.63, 3.8) is 0 Å². The number of rotatable bonds is 2. The van der Waals surface area contributed by atoms with Gasteiger partial charge in [-0.25, -0.2) is 0 Å². The van der Waals surface area contributed by atoms with E-state index in [0.717, 1.165) is 36.7 Å². The molecule has 0 atom stereocenters. The maximum absolute atomic E-state index is 8.78. The van der Waals surface area contributed by atoms with Gasteiger partial charge >= 0.3 is 0 Å². The van der Waals surface area contributed by atoms with Crippen LogP contribution < -0.4 is 0 Å². The molecular weight excluding hydrogens is 222 g/mol. The molecule has 5 heteroatoms. The summed E-state index contributed by atoms with van der Waals surface area (Å²) in [5, 5.41) is 8.78. The molecule has 1 saturated heterocycles. The molecule has 1 aliphatic rings. The Kier molecular flexibility index (Phi) is 5.47. The van der Waals surface area contributed by atoms with E-state index < -0.39 is 0 Å². The van der Waals surface area contributed by atoms with Crippen molar-refractivity contribution in [2.24, 2.45) is 5.92 Å². The highest BCUT2D eigenvalue weighted by Crippen LogP contribution is 2.23.